The van der Waals surface area contributed by atoms with E-state index in [-0.39, 0.29) is 0 Å². The van der Waals surface area contributed by atoms with Crippen LogP contribution in [0.1, 0.15) is 21.7 Å². The zero-order valence-corrected chi connectivity index (χ0v) is 24.4. The molecule has 220 valence electrons. The Labute approximate surface area is 250 Å². The minimum atomic E-state index is -4.39. The average Bonchev–Trinajstić information content (AvgIpc) is 3.38. The largest absolute Gasteiger partial charge is 0.482 e. The Bertz CT molecular complexity index is 1510. The van der Waals surface area contributed by atoms with Crippen LogP contribution in [-0.4, -0.2) is 58.7 Å². The molecule has 2 aromatic carbocycles. The van der Waals surface area contributed by atoms with Gasteiger partial charge in [0.25, 0.3) is 0 Å². The number of aromatic nitrogens is 2. The monoisotopic (exact) mass is 614 g/mol. The maximum Gasteiger partial charge on any atom is 0.416 e. The highest BCUT2D eigenvalue weighted by molar-refractivity contribution is 7.98. The van der Waals surface area contributed by atoms with Crippen molar-refractivity contribution < 1.29 is 27.8 Å². The normalized spacial score (nSPS) is 14.2. The van der Waals surface area contributed by atoms with Crippen molar-refractivity contribution in [2.24, 2.45) is 0 Å². The Balaban J connectivity index is 1.32. The number of aryl methyl sites for hydroxylation is 1. The maximum atomic E-state index is 13.1. The highest BCUT2D eigenvalue weighted by Gasteiger charge is 2.30. The summed E-state index contributed by atoms with van der Waals surface area (Å²) in [5.41, 5.74) is 1.73. The number of benzene rings is 2. The summed E-state index contributed by atoms with van der Waals surface area (Å²) >= 11 is 3.12. The first-order valence-electron chi connectivity index (χ1n) is 13.3. The summed E-state index contributed by atoms with van der Waals surface area (Å²) in [5, 5.41) is 9.57. The number of carboxylic acids is 1. The van der Waals surface area contributed by atoms with Gasteiger partial charge in [-0.2, -0.15) is 13.2 Å². The highest BCUT2D eigenvalue weighted by Crippen LogP contribution is 2.36. The van der Waals surface area contributed by atoms with Gasteiger partial charge < -0.3 is 14.7 Å². The van der Waals surface area contributed by atoms with E-state index in [9.17, 15) is 18.0 Å². The summed E-state index contributed by atoms with van der Waals surface area (Å²) in [6.07, 6.45) is -2.60. The van der Waals surface area contributed by atoms with E-state index in [1.165, 1.54) is 23.5 Å². The molecule has 1 aliphatic heterocycles. The molecule has 0 radical (unpaired) electrons. The number of thioether (sulfide) groups is 1. The van der Waals surface area contributed by atoms with Crippen LogP contribution in [0.4, 0.5) is 19.0 Å². The fourth-order valence-corrected chi connectivity index (χ4v) is 6.77. The van der Waals surface area contributed by atoms with Gasteiger partial charge in [0.15, 0.2) is 6.61 Å². The summed E-state index contributed by atoms with van der Waals surface area (Å²) < 4.78 is 44.7. The number of carbonyl (C=O) groups is 1. The second-order valence-electron chi connectivity index (χ2n) is 9.81. The lowest BCUT2D eigenvalue weighted by Crippen LogP contribution is -2.46. The minimum Gasteiger partial charge on any atom is -0.482 e. The van der Waals surface area contributed by atoms with E-state index in [1.54, 1.807) is 24.0 Å². The number of ether oxygens (including phenoxy) is 1. The molecule has 5 rings (SSSR count). The first kappa shape index (κ1) is 29.9. The number of pyridine rings is 1. The number of nitrogens with zero attached hydrogens (tertiary/aromatic N) is 4. The van der Waals surface area contributed by atoms with E-state index in [0.29, 0.717) is 28.6 Å². The van der Waals surface area contributed by atoms with Crippen molar-refractivity contribution in [3.63, 3.8) is 0 Å². The molecule has 0 spiro atoms. The van der Waals surface area contributed by atoms with E-state index in [4.69, 9.17) is 14.8 Å². The van der Waals surface area contributed by atoms with Gasteiger partial charge in [-0.05, 0) is 55.0 Å². The molecule has 1 saturated heterocycles. The summed E-state index contributed by atoms with van der Waals surface area (Å²) in [6.45, 7) is 5.47. The third-order valence-electron chi connectivity index (χ3n) is 6.82. The van der Waals surface area contributed by atoms with Gasteiger partial charge in [-0.15, -0.1) is 23.1 Å². The first-order valence-corrected chi connectivity index (χ1v) is 15.1. The van der Waals surface area contributed by atoms with Crippen LogP contribution in [0.15, 0.2) is 71.8 Å². The number of piperazine rings is 1. The van der Waals surface area contributed by atoms with Gasteiger partial charge in [0, 0.05) is 60.0 Å². The Hall–Kier alpha value is -3.61. The molecule has 1 fully saturated rings. The Morgan fingerprint density at radius 2 is 1.83 bits per heavy atom. The van der Waals surface area contributed by atoms with Crippen molar-refractivity contribution in [1.29, 1.82) is 0 Å². The molecule has 0 amide bonds. The molecular formula is C30H29F3N4O3S2. The maximum absolute atomic E-state index is 13.1. The lowest BCUT2D eigenvalue weighted by molar-refractivity contribution is -0.139. The van der Waals surface area contributed by atoms with Crippen LogP contribution in [0.25, 0.3) is 10.6 Å². The van der Waals surface area contributed by atoms with Crippen molar-refractivity contribution in [2.45, 2.75) is 30.3 Å². The van der Waals surface area contributed by atoms with Crippen molar-refractivity contribution >= 4 is 34.9 Å². The fraction of sp³-hybridized carbons (Fsp3) is 0.300. The van der Waals surface area contributed by atoms with E-state index in [2.05, 4.69) is 14.8 Å². The molecule has 2 aromatic heterocycles. The van der Waals surface area contributed by atoms with Crippen LogP contribution in [0.3, 0.4) is 0 Å². The van der Waals surface area contributed by atoms with E-state index < -0.39 is 24.3 Å². The molecule has 3 heterocycles. The van der Waals surface area contributed by atoms with Gasteiger partial charge >= 0.3 is 12.1 Å². The van der Waals surface area contributed by atoms with Crippen molar-refractivity contribution in [1.82, 2.24) is 14.9 Å². The minimum absolute atomic E-state index is 0.402. The zero-order valence-electron chi connectivity index (χ0n) is 22.8. The highest BCUT2D eigenvalue weighted by atomic mass is 32.2. The summed E-state index contributed by atoms with van der Waals surface area (Å²) in [5.74, 6) is 1.08. The van der Waals surface area contributed by atoms with E-state index in [1.807, 2.05) is 37.3 Å². The van der Waals surface area contributed by atoms with Crippen LogP contribution in [0.5, 0.6) is 5.75 Å². The number of carboxylic acid groups (broad SMARTS) is 1. The number of hydrogen-bond donors (Lipinski definition) is 1. The summed E-state index contributed by atoms with van der Waals surface area (Å²) in [6, 6.07) is 16.7. The molecule has 1 N–H and O–H groups in total. The number of rotatable bonds is 10. The van der Waals surface area contributed by atoms with Crippen molar-refractivity contribution in [2.75, 3.05) is 37.7 Å². The van der Waals surface area contributed by atoms with Crippen molar-refractivity contribution in [3.05, 3.63) is 88.6 Å². The first-order chi connectivity index (χ1) is 20.2. The molecule has 0 bridgehead atoms. The fourth-order valence-electron chi connectivity index (χ4n) is 4.59. The molecule has 0 saturated carbocycles. The van der Waals surface area contributed by atoms with E-state index >= 15 is 0 Å². The third kappa shape index (κ3) is 7.61. The Kier molecular flexibility index (Phi) is 9.34. The van der Waals surface area contributed by atoms with Crippen LogP contribution in [0, 0.1) is 6.92 Å². The molecule has 1 aliphatic rings. The molecule has 0 unspecified atom stereocenters. The standard InChI is InChI=1S/C30H29F3N4O3S2/c1-20-16-23(9-10-25(20)40-18-28(38)39)41-19-26-24(17-36-12-14-37(15-13-36)27-4-2-3-11-34-27)35-29(42-26)21-5-7-22(8-6-21)30(31,32)33/h2-11,16H,12-15,17-19H2,1H3,(H,38,39). The van der Waals surface area contributed by atoms with Gasteiger partial charge in [0.05, 0.1) is 11.3 Å². The molecule has 12 heteroatoms. The quantitative estimate of drug-likeness (QED) is 0.200. The third-order valence-corrected chi connectivity index (χ3v) is 9.17. The van der Waals surface area contributed by atoms with Crippen LogP contribution in [-0.2, 0) is 23.3 Å². The molecule has 0 atom stereocenters. The molecule has 0 aliphatic carbocycles. The molecule has 4 aromatic rings. The number of hydrogen-bond acceptors (Lipinski definition) is 8. The second kappa shape index (κ2) is 13.1. The number of alkyl halides is 3. The van der Waals surface area contributed by atoms with E-state index in [0.717, 1.165) is 65.2 Å². The van der Waals surface area contributed by atoms with Gasteiger partial charge in [-0.25, -0.2) is 14.8 Å². The zero-order chi connectivity index (χ0) is 29.7. The predicted molar refractivity (Wildman–Crippen MR) is 158 cm³/mol. The number of thiazole rings is 1. The van der Waals surface area contributed by atoms with Crippen molar-refractivity contribution in [3.8, 4) is 16.3 Å². The van der Waals surface area contributed by atoms with Gasteiger partial charge in [-0.3, -0.25) is 4.90 Å². The van der Waals surface area contributed by atoms with Crippen LogP contribution in [0.2, 0.25) is 0 Å². The SMILES string of the molecule is Cc1cc(SCc2sc(-c3ccc(C(F)(F)F)cc3)nc2CN2CCN(c3ccccn3)CC2)ccc1OCC(=O)O. The predicted octanol–water partition coefficient (Wildman–Crippen LogP) is 6.61. The molecule has 7 nitrogen and oxygen atoms in total. The van der Waals surface area contributed by atoms with Gasteiger partial charge in [0.1, 0.15) is 16.6 Å². The van der Waals surface area contributed by atoms with Crippen LogP contribution >= 0.6 is 23.1 Å². The lowest BCUT2D eigenvalue weighted by atomic mass is 10.1. The topological polar surface area (TPSA) is 78.8 Å². The summed E-state index contributed by atoms with van der Waals surface area (Å²) in [7, 11) is 0. The number of aliphatic carboxylic acids is 1. The van der Waals surface area contributed by atoms with Crippen LogP contribution < -0.4 is 9.64 Å². The van der Waals surface area contributed by atoms with Gasteiger partial charge in [-0.1, -0.05) is 18.2 Å². The number of anilines is 1. The van der Waals surface area contributed by atoms with Gasteiger partial charge in [0.2, 0.25) is 0 Å². The Morgan fingerprint density at radius 3 is 2.48 bits per heavy atom. The Morgan fingerprint density at radius 1 is 1.07 bits per heavy atom. The smallest absolute Gasteiger partial charge is 0.416 e. The number of halogens is 3. The average molecular weight is 615 g/mol. The molecular weight excluding hydrogens is 585 g/mol. The molecule has 42 heavy (non-hydrogen) atoms. The lowest BCUT2D eigenvalue weighted by Gasteiger charge is -2.35. The second-order valence-corrected chi connectivity index (χ2v) is 11.9. The summed E-state index contributed by atoms with van der Waals surface area (Å²) in [4.78, 5) is 26.9.